The molecule has 3 aromatic rings. The number of anilines is 1. The first kappa shape index (κ1) is 21.5. The van der Waals surface area contributed by atoms with E-state index in [9.17, 15) is 10.2 Å². The van der Waals surface area contributed by atoms with E-state index in [1.54, 1.807) is 6.92 Å². The minimum absolute atomic E-state index is 0.0832. The third-order valence-electron chi connectivity index (χ3n) is 6.31. The van der Waals surface area contributed by atoms with Crippen LogP contribution in [-0.4, -0.2) is 55.1 Å². The van der Waals surface area contributed by atoms with E-state index in [0.717, 1.165) is 12.0 Å². The topological polar surface area (TPSA) is 105 Å². The van der Waals surface area contributed by atoms with E-state index in [-0.39, 0.29) is 24.2 Å². The molecule has 10 heteroatoms. The minimum atomic E-state index is -0.817. The molecule has 2 aromatic heterocycles. The lowest BCUT2D eigenvalue weighted by Crippen LogP contribution is -2.42. The number of rotatable bonds is 4. The number of ether oxygens (including phenoxy) is 1. The van der Waals surface area contributed by atoms with E-state index >= 15 is 4.39 Å². The molecule has 0 amide bonds. The second-order valence-corrected chi connectivity index (χ2v) is 8.96. The van der Waals surface area contributed by atoms with E-state index in [1.807, 2.05) is 11.5 Å². The van der Waals surface area contributed by atoms with Crippen molar-refractivity contribution < 1.29 is 19.3 Å². The Bertz CT molecular complexity index is 1180. The van der Waals surface area contributed by atoms with Gasteiger partial charge in [-0.1, -0.05) is 11.6 Å². The van der Waals surface area contributed by atoms with Crippen molar-refractivity contribution in [1.82, 2.24) is 19.5 Å². The van der Waals surface area contributed by atoms with Gasteiger partial charge in [-0.15, -0.1) is 0 Å². The maximum Gasteiger partial charge on any atom is 0.223 e. The molecule has 8 nitrogen and oxygen atoms in total. The number of hydrogen-bond acceptors (Lipinski definition) is 7. The highest BCUT2D eigenvalue weighted by atomic mass is 35.5. The zero-order chi connectivity index (χ0) is 22.6. The van der Waals surface area contributed by atoms with E-state index in [0.29, 0.717) is 53.0 Å². The molecule has 4 atom stereocenters. The van der Waals surface area contributed by atoms with Gasteiger partial charge in [0, 0.05) is 18.2 Å². The molecular formula is C22H25ClFN5O3. The van der Waals surface area contributed by atoms with Crippen LogP contribution in [0.15, 0.2) is 12.3 Å². The summed E-state index contributed by atoms with van der Waals surface area (Å²) in [6.45, 7) is 4.46. The highest BCUT2D eigenvalue weighted by Gasteiger charge is 2.30. The number of nitrogens with zero attached hydrogens (tertiary/aromatic N) is 4. The lowest BCUT2D eigenvalue weighted by atomic mass is 9.93. The quantitative estimate of drug-likeness (QED) is 0.546. The molecule has 0 aliphatic carbocycles. The highest BCUT2D eigenvalue weighted by Crippen LogP contribution is 2.41. The number of aliphatic hydroxyl groups is 2. The first-order valence-corrected chi connectivity index (χ1v) is 11.2. The lowest BCUT2D eigenvalue weighted by molar-refractivity contribution is -0.0136. The fourth-order valence-electron chi connectivity index (χ4n) is 4.68. The van der Waals surface area contributed by atoms with E-state index in [4.69, 9.17) is 16.3 Å². The van der Waals surface area contributed by atoms with Crippen LogP contribution in [0.1, 0.15) is 50.2 Å². The zero-order valence-electron chi connectivity index (χ0n) is 17.8. The van der Waals surface area contributed by atoms with Crippen LogP contribution in [0.3, 0.4) is 0 Å². The fourth-order valence-corrected chi connectivity index (χ4v) is 4.88. The van der Waals surface area contributed by atoms with Crippen LogP contribution in [-0.2, 0) is 11.2 Å². The number of hydrogen-bond donors (Lipinski definition) is 3. The van der Waals surface area contributed by atoms with Crippen LogP contribution in [0.2, 0.25) is 5.02 Å². The van der Waals surface area contributed by atoms with Gasteiger partial charge in [0.1, 0.15) is 17.4 Å². The standard InChI is InChI=1S/C22H25ClFN5O3/c1-10-3-4-12-13(7-15(24)19-20(12)29(10)21(27-19)11(2)30)18-14(23)8-25-22(28-18)26-16-5-6-32-9-17(16)31/h7-8,10-11,16-17,30-31H,3-6,9H2,1-2H3,(H,25,26,28)/t10-,11-,16-,17-/m1/s1. The monoisotopic (exact) mass is 461 g/mol. The van der Waals surface area contributed by atoms with Crippen LogP contribution < -0.4 is 5.32 Å². The van der Waals surface area contributed by atoms with Gasteiger partial charge in [-0.05, 0) is 44.7 Å². The first-order chi connectivity index (χ1) is 15.3. The predicted molar refractivity (Wildman–Crippen MR) is 118 cm³/mol. The Hall–Kier alpha value is -2.33. The maximum absolute atomic E-state index is 15.2. The Labute approximate surface area is 189 Å². The largest absolute Gasteiger partial charge is 0.389 e. The molecule has 2 aliphatic rings. The normalized spacial score (nSPS) is 24.0. The summed E-state index contributed by atoms with van der Waals surface area (Å²) in [7, 11) is 0. The molecule has 32 heavy (non-hydrogen) atoms. The van der Waals surface area contributed by atoms with Gasteiger partial charge in [-0.3, -0.25) is 0 Å². The van der Waals surface area contributed by atoms with Gasteiger partial charge < -0.3 is 24.8 Å². The van der Waals surface area contributed by atoms with Crippen LogP contribution in [0, 0.1) is 5.82 Å². The Morgan fingerprint density at radius 2 is 2.16 bits per heavy atom. The van der Waals surface area contributed by atoms with Crippen LogP contribution in [0.4, 0.5) is 10.3 Å². The summed E-state index contributed by atoms with van der Waals surface area (Å²) in [6.07, 6.45) is 2.14. The van der Waals surface area contributed by atoms with Crippen molar-refractivity contribution in [3.63, 3.8) is 0 Å². The fraction of sp³-hybridized carbons (Fsp3) is 0.500. The summed E-state index contributed by atoms with van der Waals surface area (Å²) >= 11 is 6.47. The third kappa shape index (κ3) is 3.53. The molecular weight excluding hydrogens is 437 g/mol. The van der Waals surface area contributed by atoms with Crippen LogP contribution in [0.5, 0.6) is 0 Å². The molecule has 170 valence electrons. The molecule has 0 bridgehead atoms. The molecule has 5 rings (SSSR count). The Kier molecular flexibility index (Phi) is 5.53. The van der Waals surface area contributed by atoms with Crippen LogP contribution >= 0.6 is 11.6 Å². The molecule has 2 aliphatic heterocycles. The molecule has 0 spiro atoms. The van der Waals surface area contributed by atoms with Crippen molar-refractivity contribution in [3.05, 3.63) is 34.5 Å². The van der Waals surface area contributed by atoms with Crippen molar-refractivity contribution in [3.8, 4) is 11.3 Å². The molecule has 0 radical (unpaired) electrons. The first-order valence-electron chi connectivity index (χ1n) is 10.8. The highest BCUT2D eigenvalue weighted by molar-refractivity contribution is 6.33. The predicted octanol–water partition coefficient (Wildman–Crippen LogP) is 3.41. The summed E-state index contributed by atoms with van der Waals surface area (Å²) < 4.78 is 22.4. The number of aliphatic hydroxyl groups excluding tert-OH is 2. The van der Waals surface area contributed by atoms with Gasteiger partial charge >= 0.3 is 0 Å². The number of benzene rings is 1. The van der Waals surface area contributed by atoms with E-state index in [1.165, 1.54) is 12.3 Å². The molecule has 4 heterocycles. The third-order valence-corrected chi connectivity index (χ3v) is 6.59. The molecule has 1 fully saturated rings. The second kappa shape index (κ2) is 8.22. The van der Waals surface area contributed by atoms with Crippen molar-refractivity contribution in [2.75, 3.05) is 18.5 Å². The number of halogens is 2. The SMILES string of the molecule is C[C@@H]1CCc2c(-c3nc(N[C@@H]4CCOC[C@H]4O)ncc3Cl)cc(F)c3nc([C@@H](C)O)n1c23. The van der Waals surface area contributed by atoms with Gasteiger partial charge in [0.2, 0.25) is 5.95 Å². The van der Waals surface area contributed by atoms with Gasteiger partial charge in [-0.2, -0.15) is 0 Å². The summed E-state index contributed by atoms with van der Waals surface area (Å²) in [5.41, 5.74) is 2.83. The Balaban J connectivity index is 1.64. The van der Waals surface area contributed by atoms with Gasteiger partial charge in [0.05, 0.1) is 41.2 Å². The van der Waals surface area contributed by atoms with Crippen molar-refractivity contribution in [2.45, 2.75) is 57.4 Å². The van der Waals surface area contributed by atoms with Gasteiger partial charge in [-0.25, -0.2) is 19.3 Å². The van der Waals surface area contributed by atoms with E-state index in [2.05, 4.69) is 20.3 Å². The van der Waals surface area contributed by atoms with Crippen LogP contribution in [0.25, 0.3) is 22.3 Å². The second-order valence-electron chi connectivity index (χ2n) is 8.56. The molecule has 3 N–H and O–H groups in total. The number of aromatic nitrogens is 4. The minimum Gasteiger partial charge on any atom is -0.389 e. The van der Waals surface area contributed by atoms with Crippen molar-refractivity contribution in [2.24, 2.45) is 0 Å². The molecule has 0 unspecified atom stereocenters. The lowest BCUT2D eigenvalue weighted by Gasteiger charge is -2.28. The average molecular weight is 462 g/mol. The summed E-state index contributed by atoms with van der Waals surface area (Å²) in [5.74, 6) is 0.275. The number of imidazole rings is 1. The smallest absolute Gasteiger partial charge is 0.223 e. The van der Waals surface area contributed by atoms with Gasteiger partial charge in [0.25, 0.3) is 0 Å². The molecule has 1 aromatic carbocycles. The summed E-state index contributed by atoms with van der Waals surface area (Å²) in [4.78, 5) is 13.3. The number of aryl methyl sites for hydroxylation is 1. The summed E-state index contributed by atoms with van der Waals surface area (Å²) in [6, 6.07) is 1.25. The molecule has 1 saturated heterocycles. The van der Waals surface area contributed by atoms with Crippen molar-refractivity contribution in [1.29, 1.82) is 0 Å². The zero-order valence-corrected chi connectivity index (χ0v) is 18.6. The van der Waals surface area contributed by atoms with Crippen molar-refractivity contribution >= 4 is 28.6 Å². The Morgan fingerprint density at radius 3 is 2.91 bits per heavy atom. The summed E-state index contributed by atoms with van der Waals surface area (Å²) in [5, 5.41) is 23.8. The average Bonchev–Trinajstić information content (AvgIpc) is 3.18. The van der Waals surface area contributed by atoms with E-state index < -0.39 is 18.0 Å². The molecule has 0 saturated carbocycles. The van der Waals surface area contributed by atoms with Gasteiger partial charge in [0.15, 0.2) is 5.82 Å². The Morgan fingerprint density at radius 1 is 1.34 bits per heavy atom. The maximum atomic E-state index is 15.2. The number of nitrogens with one attached hydrogen (secondary N) is 1.